The van der Waals surface area contributed by atoms with Gasteiger partial charge < -0.3 is 15.0 Å². The largest absolute Gasteiger partial charge is 0.383 e. The fourth-order valence-electron chi connectivity index (χ4n) is 2.31. The Labute approximate surface area is 124 Å². The second kappa shape index (κ2) is 7.27. The fraction of sp³-hybridized carbons (Fsp3) is 0.600. The minimum Gasteiger partial charge on any atom is -0.383 e. The zero-order chi connectivity index (χ0) is 13.7. The Morgan fingerprint density at radius 3 is 2.84 bits per heavy atom. The van der Waals surface area contributed by atoms with E-state index >= 15 is 0 Å². The van der Waals surface area contributed by atoms with Crippen LogP contribution in [-0.4, -0.2) is 32.8 Å². The molecule has 4 heteroatoms. The van der Waals surface area contributed by atoms with Gasteiger partial charge in [0.1, 0.15) is 0 Å². The van der Waals surface area contributed by atoms with Crippen LogP contribution in [0.2, 0.25) is 0 Å². The molecule has 1 fully saturated rings. The first-order valence-corrected chi connectivity index (χ1v) is 7.80. The van der Waals surface area contributed by atoms with E-state index in [9.17, 15) is 0 Å². The lowest BCUT2D eigenvalue weighted by Gasteiger charge is -2.27. The summed E-state index contributed by atoms with van der Waals surface area (Å²) in [5, 5.41) is 3.42. The van der Waals surface area contributed by atoms with Gasteiger partial charge in [0.25, 0.3) is 0 Å². The SMILES string of the molecule is CCNCc1cc(Br)ccc1N(CCOC)C1CC1. The van der Waals surface area contributed by atoms with Crippen molar-refractivity contribution in [3.05, 3.63) is 28.2 Å². The van der Waals surface area contributed by atoms with E-state index in [1.807, 2.05) is 0 Å². The van der Waals surface area contributed by atoms with Crippen LogP contribution in [0.15, 0.2) is 22.7 Å². The second-order valence-corrected chi connectivity index (χ2v) is 5.89. The lowest BCUT2D eigenvalue weighted by atomic mass is 10.1. The minimum absolute atomic E-state index is 0.705. The summed E-state index contributed by atoms with van der Waals surface area (Å²) < 4.78 is 6.39. The first-order chi connectivity index (χ1) is 9.26. The van der Waals surface area contributed by atoms with E-state index in [-0.39, 0.29) is 0 Å². The molecule has 0 heterocycles. The molecule has 0 aromatic heterocycles. The standard InChI is InChI=1S/C15H23BrN2O/c1-3-17-11-12-10-13(16)4-7-15(12)18(8-9-19-2)14-5-6-14/h4,7,10,14,17H,3,5-6,8-9,11H2,1-2H3. The Bertz CT molecular complexity index is 407. The Morgan fingerprint density at radius 2 is 2.21 bits per heavy atom. The molecule has 0 radical (unpaired) electrons. The molecule has 2 rings (SSSR count). The zero-order valence-electron chi connectivity index (χ0n) is 11.8. The zero-order valence-corrected chi connectivity index (χ0v) is 13.4. The average molecular weight is 327 g/mol. The topological polar surface area (TPSA) is 24.5 Å². The van der Waals surface area contributed by atoms with Crippen molar-refractivity contribution in [3.63, 3.8) is 0 Å². The molecular formula is C15H23BrN2O. The van der Waals surface area contributed by atoms with Crippen molar-refractivity contribution in [2.75, 3.05) is 31.7 Å². The van der Waals surface area contributed by atoms with Gasteiger partial charge in [0, 0.05) is 36.4 Å². The van der Waals surface area contributed by atoms with E-state index in [1.54, 1.807) is 7.11 Å². The van der Waals surface area contributed by atoms with E-state index in [1.165, 1.54) is 24.1 Å². The molecule has 0 unspecified atom stereocenters. The number of halogens is 1. The van der Waals surface area contributed by atoms with Gasteiger partial charge in [-0.05, 0) is 43.1 Å². The summed E-state index contributed by atoms with van der Waals surface area (Å²) in [4.78, 5) is 2.50. The molecule has 0 atom stereocenters. The molecule has 1 N–H and O–H groups in total. The number of benzene rings is 1. The molecule has 1 saturated carbocycles. The van der Waals surface area contributed by atoms with Crippen molar-refractivity contribution >= 4 is 21.6 Å². The molecule has 19 heavy (non-hydrogen) atoms. The second-order valence-electron chi connectivity index (χ2n) is 4.97. The quantitative estimate of drug-likeness (QED) is 0.794. The molecule has 1 aromatic carbocycles. The highest BCUT2D eigenvalue weighted by Gasteiger charge is 2.30. The third-order valence-corrected chi connectivity index (χ3v) is 3.93. The third-order valence-electron chi connectivity index (χ3n) is 3.44. The van der Waals surface area contributed by atoms with Crippen LogP contribution in [0.3, 0.4) is 0 Å². The highest BCUT2D eigenvalue weighted by Crippen LogP contribution is 2.34. The van der Waals surface area contributed by atoms with Gasteiger partial charge in [-0.2, -0.15) is 0 Å². The highest BCUT2D eigenvalue weighted by atomic mass is 79.9. The monoisotopic (exact) mass is 326 g/mol. The van der Waals surface area contributed by atoms with Gasteiger partial charge in [0.15, 0.2) is 0 Å². The number of methoxy groups -OCH3 is 1. The molecule has 0 saturated heterocycles. The van der Waals surface area contributed by atoms with Gasteiger partial charge in [-0.25, -0.2) is 0 Å². The molecule has 1 aliphatic rings. The summed E-state index contributed by atoms with van der Waals surface area (Å²) in [5.74, 6) is 0. The number of hydrogen-bond donors (Lipinski definition) is 1. The van der Waals surface area contributed by atoms with E-state index in [2.05, 4.69) is 51.3 Å². The summed E-state index contributed by atoms with van der Waals surface area (Å²) in [6, 6.07) is 7.29. The smallest absolute Gasteiger partial charge is 0.0637 e. The van der Waals surface area contributed by atoms with Crippen molar-refractivity contribution < 1.29 is 4.74 Å². The van der Waals surface area contributed by atoms with Crippen LogP contribution < -0.4 is 10.2 Å². The van der Waals surface area contributed by atoms with Gasteiger partial charge in [-0.3, -0.25) is 0 Å². The van der Waals surface area contributed by atoms with Crippen molar-refractivity contribution in [2.45, 2.75) is 32.4 Å². The maximum absolute atomic E-state index is 5.25. The summed E-state index contributed by atoms with van der Waals surface area (Å²) in [6.07, 6.45) is 2.61. The number of nitrogens with one attached hydrogen (secondary N) is 1. The Balaban J connectivity index is 2.18. The van der Waals surface area contributed by atoms with Gasteiger partial charge in [0.05, 0.1) is 6.61 Å². The van der Waals surface area contributed by atoms with Crippen LogP contribution in [0.25, 0.3) is 0 Å². The lowest BCUT2D eigenvalue weighted by molar-refractivity contribution is 0.205. The number of nitrogens with zero attached hydrogens (tertiary/aromatic N) is 1. The van der Waals surface area contributed by atoms with E-state index in [0.717, 1.165) is 30.7 Å². The summed E-state index contributed by atoms with van der Waals surface area (Å²) in [7, 11) is 1.77. The van der Waals surface area contributed by atoms with Gasteiger partial charge >= 0.3 is 0 Å². The summed E-state index contributed by atoms with van der Waals surface area (Å²) in [6.45, 7) is 5.81. The normalized spacial score (nSPS) is 14.7. The predicted octanol–water partition coefficient (Wildman–Crippen LogP) is 3.17. The van der Waals surface area contributed by atoms with Crippen LogP contribution in [0.4, 0.5) is 5.69 Å². The van der Waals surface area contributed by atoms with E-state index in [4.69, 9.17) is 4.74 Å². The van der Waals surface area contributed by atoms with Gasteiger partial charge in [-0.15, -0.1) is 0 Å². The Kier molecular flexibility index (Phi) is 5.67. The molecule has 0 spiro atoms. The van der Waals surface area contributed by atoms with Crippen LogP contribution in [0, 0.1) is 0 Å². The molecule has 0 bridgehead atoms. The molecule has 1 aromatic rings. The van der Waals surface area contributed by atoms with Crippen molar-refractivity contribution in [3.8, 4) is 0 Å². The maximum Gasteiger partial charge on any atom is 0.0637 e. The fourth-order valence-corrected chi connectivity index (χ4v) is 2.72. The first kappa shape index (κ1) is 14.8. The van der Waals surface area contributed by atoms with Crippen molar-refractivity contribution in [1.29, 1.82) is 0 Å². The van der Waals surface area contributed by atoms with Crippen LogP contribution in [0.5, 0.6) is 0 Å². The number of ether oxygens (including phenoxy) is 1. The summed E-state index contributed by atoms with van der Waals surface area (Å²) >= 11 is 3.57. The molecule has 0 amide bonds. The van der Waals surface area contributed by atoms with Gasteiger partial charge in [-0.1, -0.05) is 22.9 Å². The third kappa shape index (κ3) is 4.20. The van der Waals surface area contributed by atoms with Crippen LogP contribution >= 0.6 is 15.9 Å². The van der Waals surface area contributed by atoms with Gasteiger partial charge in [0.2, 0.25) is 0 Å². The van der Waals surface area contributed by atoms with Crippen molar-refractivity contribution in [1.82, 2.24) is 5.32 Å². The molecule has 106 valence electrons. The van der Waals surface area contributed by atoms with Crippen LogP contribution in [-0.2, 0) is 11.3 Å². The number of anilines is 1. The average Bonchev–Trinajstić information content (AvgIpc) is 3.23. The number of hydrogen-bond acceptors (Lipinski definition) is 3. The minimum atomic E-state index is 0.705. The van der Waals surface area contributed by atoms with E-state index < -0.39 is 0 Å². The van der Waals surface area contributed by atoms with E-state index in [0.29, 0.717) is 6.04 Å². The highest BCUT2D eigenvalue weighted by molar-refractivity contribution is 9.10. The first-order valence-electron chi connectivity index (χ1n) is 7.01. The molecule has 3 nitrogen and oxygen atoms in total. The predicted molar refractivity (Wildman–Crippen MR) is 83.8 cm³/mol. The Morgan fingerprint density at radius 1 is 1.42 bits per heavy atom. The lowest BCUT2D eigenvalue weighted by Crippen LogP contribution is -2.31. The van der Waals surface area contributed by atoms with Crippen molar-refractivity contribution in [2.24, 2.45) is 0 Å². The van der Waals surface area contributed by atoms with Crippen LogP contribution in [0.1, 0.15) is 25.3 Å². The summed E-state index contributed by atoms with van der Waals surface area (Å²) in [5.41, 5.74) is 2.71. The molecular weight excluding hydrogens is 304 g/mol. The number of rotatable bonds is 8. The maximum atomic E-state index is 5.25. The molecule has 0 aliphatic heterocycles. The Hall–Kier alpha value is -0.580. The molecule has 1 aliphatic carbocycles.